The SMILES string of the molecule is O=S(=O)(Oc1cccc2c3nc4nc(nc5[nH]c(nc6nc(nc([nH]3)c12)-c1ccccc1-6)c1ccccc51)-c1ccccc1-4)c1cccc2c3nc4nc(nc5[nH]c(nc6nc(nc([nH]3)c12)-c1ccccc1-6)c1ccccc51)-c1ccccc1-4. The molecular formula is C64H34N16O3S. The molecule has 0 saturated heterocycles. The van der Waals surface area contributed by atoms with Crippen LogP contribution in [-0.4, -0.2) is 88.2 Å². The van der Waals surface area contributed by atoms with E-state index in [1.54, 1.807) is 24.3 Å². The molecule has 0 fully saturated rings. The second-order valence-electron chi connectivity index (χ2n) is 20.4. The van der Waals surface area contributed by atoms with Gasteiger partial charge in [0.1, 0.15) is 50.1 Å². The zero-order valence-corrected chi connectivity index (χ0v) is 44.1. The molecule has 14 aromatic rings. The van der Waals surface area contributed by atoms with E-state index in [0.29, 0.717) is 108 Å². The van der Waals surface area contributed by atoms with Gasteiger partial charge in [-0.25, -0.2) is 59.8 Å². The molecule has 0 unspecified atom stereocenters. The van der Waals surface area contributed by atoms with Gasteiger partial charge in [-0.1, -0.05) is 170 Å². The largest absolute Gasteiger partial charge is 0.378 e. The Bertz CT molecular complexity index is 5780. The molecule has 4 aliphatic rings. The van der Waals surface area contributed by atoms with Crippen LogP contribution in [0, 0.1) is 0 Å². The number of hydrogen-bond acceptors (Lipinski definition) is 15. The maximum absolute atomic E-state index is 15.6. The molecule has 0 aliphatic carbocycles. The number of aromatic amines is 4. The van der Waals surface area contributed by atoms with Gasteiger partial charge in [0.2, 0.25) is 0 Å². The molecule has 0 amide bonds. The number of nitrogens with one attached hydrogen (secondary N) is 4. The Hall–Kier alpha value is -11.8. The van der Waals surface area contributed by atoms with Crippen molar-refractivity contribution in [1.82, 2.24) is 79.7 Å². The van der Waals surface area contributed by atoms with Gasteiger partial charge in [0.15, 0.2) is 52.3 Å². The van der Waals surface area contributed by atoms with Crippen molar-refractivity contribution in [1.29, 1.82) is 0 Å². The molecule has 394 valence electrons. The van der Waals surface area contributed by atoms with Crippen molar-refractivity contribution in [3.05, 3.63) is 182 Å². The Morgan fingerprint density at radius 3 is 0.845 bits per heavy atom. The van der Waals surface area contributed by atoms with Crippen molar-refractivity contribution in [2.24, 2.45) is 0 Å². The summed E-state index contributed by atoms with van der Waals surface area (Å²) in [7, 11) is -4.80. The predicted octanol–water partition coefficient (Wildman–Crippen LogP) is 12.8. The molecule has 4 N–H and O–H groups in total. The second-order valence-corrected chi connectivity index (χ2v) is 21.9. The van der Waals surface area contributed by atoms with E-state index in [1.165, 1.54) is 6.07 Å². The Kier molecular flexibility index (Phi) is 9.38. The minimum absolute atomic E-state index is 0.0382. The topological polar surface area (TPSA) is 261 Å². The molecule has 0 spiro atoms. The van der Waals surface area contributed by atoms with E-state index in [-0.39, 0.29) is 27.3 Å². The van der Waals surface area contributed by atoms with Gasteiger partial charge in [-0.15, -0.1) is 0 Å². The average Bonchev–Trinajstić information content (AvgIpc) is 4.10. The Morgan fingerprint density at radius 1 is 0.250 bits per heavy atom. The monoisotopic (exact) mass is 1110 g/mol. The average molecular weight is 1110 g/mol. The summed E-state index contributed by atoms with van der Waals surface area (Å²) in [5, 5.41) is 4.82. The minimum Gasteiger partial charge on any atom is -0.378 e. The van der Waals surface area contributed by atoms with E-state index in [4.69, 9.17) is 64.0 Å². The van der Waals surface area contributed by atoms with Crippen molar-refractivity contribution < 1.29 is 12.6 Å². The summed E-state index contributed by atoms with van der Waals surface area (Å²) in [6.45, 7) is 0. The van der Waals surface area contributed by atoms with Crippen LogP contribution in [0.2, 0.25) is 0 Å². The third-order valence-corrected chi connectivity index (χ3v) is 16.8. The maximum Gasteiger partial charge on any atom is 0.340 e. The van der Waals surface area contributed by atoms with Crippen LogP contribution in [0.3, 0.4) is 0 Å². The minimum atomic E-state index is -4.80. The van der Waals surface area contributed by atoms with Gasteiger partial charge in [0, 0.05) is 76.8 Å². The van der Waals surface area contributed by atoms with Crippen molar-refractivity contribution in [2.45, 2.75) is 4.90 Å². The van der Waals surface area contributed by atoms with Gasteiger partial charge in [-0.05, 0) is 12.1 Å². The van der Waals surface area contributed by atoms with Crippen LogP contribution in [0.4, 0.5) is 0 Å². The molecule has 16 bridgehead atoms. The highest BCUT2D eigenvalue weighted by molar-refractivity contribution is 7.87. The lowest BCUT2D eigenvalue weighted by atomic mass is 10.1. The Balaban J connectivity index is 0.885. The lowest BCUT2D eigenvalue weighted by Gasteiger charge is -2.09. The van der Waals surface area contributed by atoms with Crippen LogP contribution in [0.15, 0.2) is 187 Å². The molecule has 84 heavy (non-hydrogen) atoms. The normalized spacial score (nSPS) is 12.4. The van der Waals surface area contributed by atoms with Crippen LogP contribution < -0.4 is 4.18 Å². The first-order chi connectivity index (χ1) is 41.3. The van der Waals surface area contributed by atoms with Crippen molar-refractivity contribution in [2.75, 3.05) is 0 Å². The van der Waals surface area contributed by atoms with Gasteiger partial charge in [-0.2, -0.15) is 8.42 Å². The van der Waals surface area contributed by atoms with E-state index in [9.17, 15) is 0 Å². The van der Waals surface area contributed by atoms with E-state index >= 15 is 8.42 Å². The quantitative estimate of drug-likeness (QED) is 0.120. The molecule has 0 radical (unpaired) electrons. The molecule has 20 heteroatoms. The first-order valence-corrected chi connectivity index (χ1v) is 28.1. The van der Waals surface area contributed by atoms with Crippen LogP contribution >= 0.6 is 0 Å². The molecule has 4 aliphatic heterocycles. The number of H-pyrrole nitrogens is 4. The highest BCUT2D eigenvalue weighted by Gasteiger charge is 2.29. The molecule has 19 nitrogen and oxygen atoms in total. The van der Waals surface area contributed by atoms with E-state index in [1.807, 2.05) is 152 Å². The van der Waals surface area contributed by atoms with Crippen LogP contribution in [0.5, 0.6) is 5.75 Å². The fourth-order valence-electron chi connectivity index (χ4n) is 11.8. The van der Waals surface area contributed by atoms with Gasteiger partial charge < -0.3 is 24.1 Å². The van der Waals surface area contributed by atoms with Crippen molar-refractivity contribution >= 4 is 98.4 Å². The molecular weight excluding hydrogens is 1070 g/mol. The predicted molar refractivity (Wildman–Crippen MR) is 320 cm³/mol. The first-order valence-electron chi connectivity index (χ1n) is 26.7. The summed E-state index contributed by atoms with van der Waals surface area (Å²) < 4.78 is 37.6. The molecule has 18 rings (SSSR count). The summed E-state index contributed by atoms with van der Waals surface area (Å²) in [5.41, 5.74) is 9.15. The number of aromatic nitrogens is 16. The lowest BCUT2D eigenvalue weighted by molar-refractivity contribution is 0.490. The van der Waals surface area contributed by atoms with E-state index in [2.05, 4.69) is 19.9 Å². The zero-order chi connectivity index (χ0) is 55.4. The van der Waals surface area contributed by atoms with Gasteiger partial charge in [-0.3, -0.25) is 0 Å². The lowest BCUT2D eigenvalue weighted by Crippen LogP contribution is -2.10. The maximum atomic E-state index is 15.6. The van der Waals surface area contributed by atoms with Crippen molar-refractivity contribution in [3.8, 4) is 96.9 Å². The summed E-state index contributed by atoms with van der Waals surface area (Å²) in [6.07, 6.45) is 0. The fourth-order valence-corrected chi connectivity index (χ4v) is 12.9. The molecule has 6 aromatic heterocycles. The summed E-state index contributed by atoms with van der Waals surface area (Å²) >= 11 is 0. The number of fused-ring (bicyclic) bond motifs is 40. The number of rotatable bonds is 3. The van der Waals surface area contributed by atoms with Crippen LogP contribution in [0.1, 0.15) is 0 Å². The van der Waals surface area contributed by atoms with Crippen LogP contribution in [-0.2, 0) is 10.1 Å². The van der Waals surface area contributed by atoms with Gasteiger partial charge >= 0.3 is 10.1 Å². The molecule has 10 heterocycles. The third-order valence-electron chi connectivity index (χ3n) is 15.6. The number of nitrogens with zero attached hydrogens (tertiary/aromatic N) is 12. The molecule has 0 atom stereocenters. The summed E-state index contributed by atoms with van der Waals surface area (Å²) in [5.74, 6) is 3.02. The summed E-state index contributed by atoms with van der Waals surface area (Å²) in [4.78, 5) is 74.7. The summed E-state index contributed by atoms with van der Waals surface area (Å²) in [6, 6.07) is 56.6. The molecule has 8 aromatic carbocycles. The first kappa shape index (κ1) is 46.0. The van der Waals surface area contributed by atoms with Gasteiger partial charge in [0.05, 0.1) is 10.8 Å². The smallest absolute Gasteiger partial charge is 0.340 e. The number of hydrogen-bond donors (Lipinski definition) is 4. The second kappa shape index (κ2) is 17.1. The number of benzene rings is 8. The third kappa shape index (κ3) is 6.88. The van der Waals surface area contributed by atoms with E-state index in [0.717, 1.165) is 54.9 Å². The van der Waals surface area contributed by atoms with Crippen LogP contribution in [0.25, 0.3) is 179 Å². The molecule has 0 saturated carbocycles. The van der Waals surface area contributed by atoms with Gasteiger partial charge in [0.25, 0.3) is 0 Å². The Labute approximate surface area is 472 Å². The van der Waals surface area contributed by atoms with E-state index < -0.39 is 10.1 Å². The highest BCUT2D eigenvalue weighted by atomic mass is 32.2. The highest BCUT2D eigenvalue weighted by Crippen LogP contribution is 2.42. The zero-order valence-electron chi connectivity index (χ0n) is 43.3. The standard InChI is InChI=1S/C64H34N16O3S/c81-84(82,46-30-14-28-44-48(46)64-78-60-42-26-12-10-24-40(42)56(74-60)70-52-34-18-4-2-16-32(34)50(66-52)68-54-36-20-6-8-22-38(36)58(72-54)76-62(44)80-64)83-45-29-13-27-43-47(45)63-77-59-41-25-11-9-23-39(41)55(73-59)69-51-33-17-3-1-15-31(33)49(65-51)67-53-35-19-5-7-21-37(35)57(71-53)75-61(43)79-63/h1-30H,(H2,65,67,69,71,73,75,77,79)(H2,66,68,70,72,74,76,78,80). The Morgan fingerprint density at radius 2 is 0.500 bits per heavy atom. The van der Waals surface area contributed by atoms with Crippen molar-refractivity contribution in [3.63, 3.8) is 0 Å². The fraction of sp³-hybridized carbons (Fsp3) is 0.